The molecule has 0 saturated heterocycles. The van der Waals surface area contributed by atoms with Gasteiger partial charge in [-0.3, -0.25) is 4.99 Å². The van der Waals surface area contributed by atoms with E-state index < -0.39 is 0 Å². The van der Waals surface area contributed by atoms with Crippen molar-refractivity contribution in [3.8, 4) is 5.75 Å². The first kappa shape index (κ1) is 18.8. The van der Waals surface area contributed by atoms with Crippen molar-refractivity contribution in [3.05, 3.63) is 52.0 Å². The van der Waals surface area contributed by atoms with Crippen LogP contribution in [-0.2, 0) is 0 Å². The number of methoxy groups -OCH3 is 1. The number of halogens is 1. The first-order chi connectivity index (χ1) is 12.2. The van der Waals surface area contributed by atoms with E-state index in [1.165, 1.54) is 11.3 Å². The number of ether oxygens (including phenoxy) is 1. The fraction of sp³-hybridized carbons (Fsp3) is 0.409. The Labute approximate surface area is 161 Å². The van der Waals surface area contributed by atoms with Gasteiger partial charge in [0, 0.05) is 41.1 Å². The Hall–Kier alpha value is -2.00. The van der Waals surface area contributed by atoms with E-state index >= 15 is 0 Å². The van der Waals surface area contributed by atoms with Crippen LogP contribution in [0.5, 0.6) is 5.75 Å². The third kappa shape index (κ3) is 3.45. The Morgan fingerprint density at radius 3 is 2.65 bits per heavy atom. The third-order valence-corrected chi connectivity index (χ3v) is 5.90. The van der Waals surface area contributed by atoms with Crippen molar-refractivity contribution in [1.82, 2.24) is 0 Å². The van der Waals surface area contributed by atoms with Crippen LogP contribution in [0.25, 0.3) is 0 Å². The summed E-state index contributed by atoms with van der Waals surface area (Å²) in [7, 11) is 3.87. The predicted molar refractivity (Wildman–Crippen MR) is 112 cm³/mol. The van der Waals surface area contributed by atoms with Gasteiger partial charge in [0.15, 0.2) is 0 Å². The van der Waals surface area contributed by atoms with Gasteiger partial charge in [-0.05, 0) is 62.4 Å². The van der Waals surface area contributed by atoms with Crippen LogP contribution < -0.4 is 9.64 Å². The number of aryl methyl sites for hydroxylation is 1. The molecule has 0 spiro atoms. The summed E-state index contributed by atoms with van der Waals surface area (Å²) >= 11 is 6.21. The van der Waals surface area contributed by atoms with Crippen molar-refractivity contribution in [3.63, 3.8) is 0 Å². The number of aliphatic imine (C=N–C) groups is 1. The number of benzene rings is 2. The highest BCUT2D eigenvalue weighted by Gasteiger charge is 2.34. The molecule has 138 valence electrons. The van der Waals surface area contributed by atoms with E-state index in [4.69, 9.17) is 16.3 Å². The zero-order chi connectivity index (χ0) is 19.1. The molecule has 0 radical (unpaired) electrons. The van der Waals surface area contributed by atoms with Crippen molar-refractivity contribution >= 4 is 29.2 Å². The Bertz CT molecular complexity index is 857. The van der Waals surface area contributed by atoms with Crippen molar-refractivity contribution in [2.45, 2.75) is 45.6 Å². The third-order valence-electron chi connectivity index (χ3n) is 5.49. The standard InChI is InChI=1S/C22H27ClN2O/c1-14-7-8-17(10-19(14)23)24-13-16-9-18-15(2)12-22(3,4)25(5)20(18)11-21(16)26-6/h7-11,13,15H,12H2,1-6H3. The van der Waals surface area contributed by atoms with Crippen LogP contribution in [0.2, 0.25) is 5.02 Å². The van der Waals surface area contributed by atoms with Gasteiger partial charge in [0.05, 0.1) is 12.8 Å². The molecule has 26 heavy (non-hydrogen) atoms. The molecule has 2 aromatic rings. The first-order valence-electron chi connectivity index (χ1n) is 8.99. The van der Waals surface area contributed by atoms with E-state index in [9.17, 15) is 0 Å². The summed E-state index contributed by atoms with van der Waals surface area (Å²) in [6.07, 6.45) is 2.99. The van der Waals surface area contributed by atoms with E-state index in [-0.39, 0.29) is 5.54 Å². The molecule has 1 heterocycles. The summed E-state index contributed by atoms with van der Waals surface area (Å²) in [5.41, 5.74) is 5.59. The van der Waals surface area contributed by atoms with Gasteiger partial charge >= 0.3 is 0 Å². The molecule has 1 aliphatic heterocycles. The molecule has 1 aliphatic rings. The molecule has 2 aromatic carbocycles. The molecule has 0 amide bonds. The molecule has 0 bridgehead atoms. The quantitative estimate of drug-likeness (QED) is 0.607. The van der Waals surface area contributed by atoms with Crippen LogP contribution in [0.15, 0.2) is 35.3 Å². The maximum atomic E-state index is 6.21. The van der Waals surface area contributed by atoms with E-state index in [2.05, 4.69) is 49.8 Å². The summed E-state index contributed by atoms with van der Waals surface area (Å²) in [5, 5.41) is 0.731. The second-order valence-corrected chi connectivity index (χ2v) is 8.23. The second kappa shape index (κ2) is 6.96. The molecule has 0 saturated carbocycles. The van der Waals surface area contributed by atoms with Crippen molar-refractivity contribution in [2.24, 2.45) is 4.99 Å². The molecule has 3 rings (SSSR count). The monoisotopic (exact) mass is 370 g/mol. The smallest absolute Gasteiger partial charge is 0.129 e. The lowest BCUT2D eigenvalue weighted by Gasteiger charge is -2.45. The lowest BCUT2D eigenvalue weighted by atomic mass is 9.80. The number of hydrogen-bond acceptors (Lipinski definition) is 3. The zero-order valence-electron chi connectivity index (χ0n) is 16.4. The summed E-state index contributed by atoms with van der Waals surface area (Å²) in [5.74, 6) is 1.32. The minimum atomic E-state index is 0.131. The summed E-state index contributed by atoms with van der Waals surface area (Å²) in [6, 6.07) is 10.2. The molecule has 0 N–H and O–H groups in total. The lowest BCUT2D eigenvalue weighted by Crippen LogP contribution is -2.45. The topological polar surface area (TPSA) is 24.8 Å². The average Bonchev–Trinajstić information content (AvgIpc) is 2.60. The summed E-state index contributed by atoms with van der Waals surface area (Å²) in [6.45, 7) is 8.85. The number of nitrogens with zero attached hydrogens (tertiary/aromatic N) is 2. The largest absolute Gasteiger partial charge is 0.496 e. The molecule has 1 atom stereocenters. The van der Waals surface area contributed by atoms with Gasteiger partial charge < -0.3 is 9.64 Å². The maximum absolute atomic E-state index is 6.21. The van der Waals surface area contributed by atoms with Gasteiger partial charge in [0.1, 0.15) is 5.75 Å². The number of hydrogen-bond donors (Lipinski definition) is 0. The molecule has 3 nitrogen and oxygen atoms in total. The normalized spacial score (nSPS) is 18.9. The van der Waals surface area contributed by atoms with E-state index in [0.717, 1.165) is 34.0 Å². The molecular formula is C22H27ClN2O. The van der Waals surface area contributed by atoms with Crippen LogP contribution in [-0.4, -0.2) is 25.9 Å². The van der Waals surface area contributed by atoms with Crippen molar-refractivity contribution in [2.75, 3.05) is 19.1 Å². The Morgan fingerprint density at radius 2 is 2.00 bits per heavy atom. The van der Waals surface area contributed by atoms with Crippen LogP contribution in [0.3, 0.4) is 0 Å². The Balaban J connectivity index is 2.02. The van der Waals surface area contributed by atoms with Gasteiger partial charge in [-0.25, -0.2) is 0 Å². The van der Waals surface area contributed by atoms with Crippen LogP contribution >= 0.6 is 11.6 Å². The SMILES string of the molecule is COc1cc2c(cc1C=Nc1ccc(C)c(Cl)c1)C(C)CC(C)(C)N2C. The number of fused-ring (bicyclic) bond motifs is 1. The molecule has 1 unspecified atom stereocenters. The minimum absolute atomic E-state index is 0.131. The summed E-state index contributed by atoms with van der Waals surface area (Å²) in [4.78, 5) is 6.96. The van der Waals surface area contributed by atoms with Gasteiger partial charge in [0.25, 0.3) is 0 Å². The van der Waals surface area contributed by atoms with Crippen LogP contribution in [0, 0.1) is 6.92 Å². The second-order valence-electron chi connectivity index (χ2n) is 7.82. The van der Waals surface area contributed by atoms with Gasteiger partial charge in [-0.15, -0.1) is 0 Å². The molecule has 4 heteroatoms. The highest BCUT2D eigenvalue weighted by atomic mass is 35.5. The molecule has 0 fully saturated rings. The number of anilines is 1. The van der Waals surface area contributed by atoms with Gasteiger partial charge in [-0.1, -0.05) is 24.6 Å². The van der Waals surface area contributed by atoms with Crippen molar-refractivity contribution in [1.29, 1.82) is 0 Å². The van der Waals surface area contributed by atoms with Crippen LogP contribution in [0.4, 0.5) is 11.4 Å². The first-order valence-corrected chi connectivity index (χ1v) is 9.36. The molecular weight excluding hydrogens is 344 g/mol. The van der Waals surface area contributed by atoms with Gasteiger partial charge in [-0.2, -0.15) is 0 Å². The average molecular weight is 371 g/mol. The van der Waals surface area contributed by atoms with Gasteiger partial charge in [0.2, 0.25) is 0 Å². The van der Waals surface area contributed by atoms with Crippen LogP contribution in [0.1, 0.15) is 49.8 Å². The fourth-order valence-electron chi connectivity index (χ4n) is 3.69. The van der Waals surface area contributed by atoms with E-state index in [0.29, 0.717) is 5.92 Å². The number of rotatable bonds is 3. The van der Waals surface area contributed by atoms with E-state index in [1.807, 2.05) is 31.3 Å². The van der Waals surface area contributed by atoms with Crippen molar-refractivity contribution < 1.29 is 4.74 Å². The molecule has 0 aliphatic carbocycles. The Morgan fingerprint density at radius 1 is 1.27 bits per heavy atom. The maximum Gasteiger partial charge on any atom is 0.129 e. The fourth-order valence-corrected chi connectivity index (χ4v) is 3.87. The minimum Gasteiger partial charge on any atom is -0.496 e. The Kier molecular flexibility index (Phi) is 5.03. The highest BCUT2D eigenvalue weighted by Crippen LogP contribution is 2.44. The zero-order valence-corrected chi connectivity index (χ0v) is 17.2. The molecule has 0 aromatic heterocycles. The summed E-state index contributed by atoms with van der Waals surface area (Å²) < 4.78 is 5.65. The highest BCUT2D eigenvalue weighted by molar-refractivity contribution is 6.31. The lowest BCUT2D eigenvalue weighted by molar-refractivity contribution is 0.389. The van der Waals surface area contributed by atoms with E-state index in [1.54, 1.807) is 7.11 Å². The predicted octanol–water partition coefficient (Wildman–Crippen LogP) is 6.13.